The van der Waals surface area contributed by atoms with E-state index in [1.54, 1.807) is 30.3 Å². The third-order valence-corrected chi connectivity index (χ3v) is 2.75. The number of rotatable bonds is 3. The smallest absolute Gasteiger partial charge is 0.172 e. The minimum Gasteiger partial charge on any atom is -0.504 e. The van der Waals surface area contributed by atoms with Crippen LogP contribution in [0.4, 0.5) is 0 Å². The van der Waals surface area contributed by atoms with Crippen LogP contribution in [0.2, 0.25) is 0 Å². The van der Waals surface area contributed by atoms with Crippen molar-refractivity contribution in [3.63, 3.8) is 0 Å². The highest BCUT2D eigenvalue weighted by molar-refractivity contribution is 5.52. The third kappa shape index (κ3) is 2.40. The molecule has 0 aliphatic carbocycles. The summed E-state index contributed by atoms with van der Waals surface area (Å²) >= 11 is 0. The van der Waals surface area contributed by atoms with Crippen LogP contribution in [-0.4, -0.2) is 10.2 Å². The average Bonchev–Trinajstić information content (AvgIpc) is 2.34. The maximum Gasteiger partial charge on any atom is 0.172 e. The molecule has 2 N–H and O–H groups in total. The van der Waals surface area contributed by atoms with Crippen molar-refractivity contribution in [1.29, 1.82) is 0 Å². The molecule has 0 saturated heterocycles. The molecule has 0 fully saturated rings. The van der Waals surface area contributed by atoms with E-state index in [9.17, 15) is 10.2 Å². The van der Waals surface area contributed by atoms with Gasteiger partial charge in [0.25, 0.3) is 0 Å². The van der Waals surface area contributed by atoms with E-state index < -0.39 is 0 Å². The molecule has 2 rings (SSSR count). The number of hydrogen-bond acceptors (Lipinski definition) is 3. The van der Waals surface area contributed by atoms with Crippen molar-refractivity contribution >= 4 is 0 Å². The van der Waals surface area contributed by atoms with Crippen molar-refractivity contribution < 1.29 is 14.9 Å². The maximum atomic E-state index is 9.95. The number of aromatic hydroxyl groups is 2. The van der Waals surface area contributed by atoms with Crippen molar-refractivity contribution in [1.82, 2.24) is 0 Å². The molecule has 0 amide bonds. The average molecular weight is 244 g/mol. The highest BCUT2D eigenvalue weighted by Gasteiger charge is 2.12. The van der Waals surface area contributed by atoms with E-state index >= 15 is 0 Å². The summed E-state index contributed by atoms with van der Waals surface area (Å²) in [5, 5.41) is 19.6. The first-order chi connectivity index (χ1) is 8.61. The van der Waals surface area contributed by atoms with Crippen molar-refractivity contribution in [3.05, 3.63) is 47.5 Å². The highest BCUT2D eigenvalue weighted by Crippen LogP contribution is 2.38. The Morgan fingerprint density at radius 1 is 1.06 bits per heavy atom. The molecule has 3 nitrogen and oxygen atoms in total. The number of phenols is 2. The fourth-order valence-electron chi connectivity index (χ4n) is 1.86. The van der Waals surface area contributed by atoms with Crippen LogP contribution in [0.15, 0.2) is 36.4 Å². The molecule has 0 aliphatic heterocycles. The molecule has 18 heavy (non-hydrogen) atoms. The van der Waals surface area contributed by atoms with Crippen molar-refractivity contribution in [2.45, 2.75) is 20.3 Å². The van der Waals surface area contributed by atoms with Crippen LogP contribution in [0.3, 0.4) is 0 Å². The first kappa shape index (κ1) is 12.3. The molecule has 0 unspecified atom stereocenters. The van der Waals surface area contributed by atoms with Gasteiger partial charge in [-0.25, -0.2) is 0 Å². The van der Waals surface area contributed by atoms with Gasteiger partial charge in [0.1, 0.15) is 0 Å². The zero-order chi connectivity index (χ0) is 13.1. The van der Waals surface area contributed by atoms with Gasteiger partial charge in [-0.1, -0.05) is 25.1 Å². The van der Waals surface area contributed by atoms with Gasteiger partial charge >= 0.3 is 0 Å². The second-order valence-corrected chi connectivity index (χ2v) is 4.20. The van der Waals surface area contributed by atoms with E-state index in [-0.39, 0.29) is 11.5 Å². The van der Waals surface area contributed by atoms with Gasteiger partial charge in [0, 0.05) is 0 Å². The zero-order valence-corrected chi connectivity index (χ0v) is 10.5. The van der Waals surface area contributed by atoms with E-state index in [1.165, 1.54) is 0 Å². The van der Waals surface area contributed by atoms with E-state index in [2.05, 4.69) is 0 Å². The van der Waals surface area contributed by atoms with Gasteiger partial charge in [0.2, 0.25) is 0 Å². The van der Waals surface area contributed by atoms with Crippen LogP contribution >= 0.6 is 0 Å². The molecule has 94 valence electrons. The summed E-state index contributed by atoms with van der Waals surface area (Å²) < 4.78 is 5.62. The molecule has 0 atom stereocenters. The lowest BCUT2D eigenvalue weighted by Gasteiger charge is -2.13. The number of para-hydroxylation sites is 2. The Morgan fingerprint density at radius 3 is 2.44 bits per heavy atom. The maximum absolute atomic E-state index is 9.95. The van der Waals surface area contributed by atoms with E-state index in [0.717, 1.165) is 17.5 Å². The van der Waals surface area contributed by atoms with Crippen molar-refractivity contribution in [2.75, 3.05) is 0 Å². The SMILES string of the molecule is CCc1cc(C)cc(O)c1Oc1ccccc1O. The minimum absolute atomic E-state index is 0.0551. The summed E-state index contributed by atoms with van der Waals surface area (Å²) in [6, 6.07) is 10.3. The summed E-state index contributed by atoms with van der Waals surface area (Å²) in [5.41, 5.74) is 1.89. The van der Waals surface area contributed by atoms with E-state index in [4.69, 9.17) is 4.74 Å². The molecule has 0 radical (unpaired) electrons. The molecule has 3 heteroatoms. The van der Waals surface area contributed by atoms with E-state index in [1.807, 2.05) is 19.9 Å². The van der Waals surface area contributed by atoms with Gasteiger partial charge in [0.05, 0.1) is 0 Å². The molecule has 0 aliphatic rings. The normalized spacial score (nSPS) is 10.3. The Bertz CT molecular complexity index is 562. The topological polar surface area (TPSA) is 49.7 Å². The van der Waals surface area contributed by atoms with Crippen LogP contribution in [-0.2, 0) is 6.42 Å². The standard InChI is InChI=1S/C15H16O3/c1-3-11-8-10(2)9-13(17)15(11)18-14-7-5-4-6-12(14)16/h4-9,16-17H,3H2,1-2H3. The second-order valence-electron chi connectivity index (χ2n) is 4.20. The molecular formula is C15H16O3. The van der Waals surface area contributed by atoms with Gasteiger partial charge in [0.15, 0.2) is 23.0 Å². The van der Waals surface area contributed by atoms with Crippen LogP contribution in [0.25, 0.3) is 0 Å². The molecule has 0 saturated carbocycles. The van der Waals surface area contributed by atoms with Crippen LogP contribution in [0.5, 0.6) is 23.0 Å². The monoisotopic (exact) mass is 244 g/mol. The Balaban J connectivity index is 2.43. The second kappa shape index (κ2) is 5.00. The van der Waals surface area contributed by atoms with Gasteiger partial charge in [-0.05, 0) is 42.7 Å². The molecule has 0 bridgehead atoms. The molecular weight excluding hydrogens is 228 g/mol. The highest BCUT2D eigenvalue weighted by atomic mass is 16.5. The first-order valence-corrected chi connectivity index (χ1v) is 5.90. The molecule has 0 heterocycles. The fourth-order valence-corrected chi connectivity index (χ4v) is 1.86. The summed E-state index contributed by atoms with van der Waals surface area (Å²) in [6.45, 7) is 3.91. The summed E-state index contributed by atoms with van der Waals surface area (Å²) in [4.78, 5) is 0. The Labute approximate surface area is 106 Å². The van der Waals surface area contributed by atoms with Crippen molar-refractivity contribution in [3.8, 4) is 23.0 Å². The van der Waals surface area contributed by atoms with E-state index in [0.29, 0.717) is 11.5 Å². The summed E-state index contributed by atoms with van der Waals surface area (Å²) in [7, 11) is 0. The summed E-state index contributed by atoms with van der Waals surface area (Å²) in [5.74, 6) is 0.894. The third-order valence-electron chi connectivity index (χ3n) is 2.75. The molecule has 0 aromatic heterocycles. The number of benzene rings is 2. The Hall–Kier alpha value is -2.16. The lowest BCUT2D eigenvalue weighted by atomic mass is 10.1. The van der Waals surface area contributed by atoms with Crippen LogP contribution in [0, 0.1) is 6.92 Å². The van der Waals surface area contributed by atoms with Crippen LogP contribution < -0.4 is 4.74 Å². The number of hydrogen-bond donors (Lipinski definition) is 2. The minimum atomic E-state index is 0.0551. The largest absolute Gasteiger partial charge is 0.504 e. The molecule has 0 spiro atoms. The predicted molar refractivity (Wildman–Crippen MR) is 70.4 cm³/mol. The lowest BCUT2D eigenvalue weighted by molar-refractivity contribution is 0.382. The van der Waals surface area contributed by atoms with Gasteiger partial charge in [-0.15, -0.1) is 0 Å². The van der Waals surface area contributed by atoms with Crippen molar-refractivity contribution in [2.24, 2.45) is 0 Å². The number of aryl methyl sites for hydroxylation is 2. The lowest BCUT2D eigenvalue weighted by Crippen LogP contribution is -1.92. The number of ether oxygens (including phenoxy) is 1. The van der Waals surface area contributed by atoms with Crippen LogP contribution in [0.1, 0.15) is 18.1 Å². The predicted octanol–water partition coefficient (Wildman–Crippen LogP) is 3.76. The zero-order valence-electron chi connectivity index (χ0n) is 10.5. The van der Waals surface area contributed by atoms with Gasteiger partial charge < -0.3 is 14.9 Å². The van der Waals surface area contributed by atoms with Gasteiger partial charge in [-0.2, -0.15) is 0 Å². The quantitative estimate of drug-likeness (QED) is 0.864. The fraction of sp³-hybridized carbons (Fsp3) is 0.200. The first-order valence-electron chi connectivity index (χ1n) is 5.90. The number of phenolic OH excluding ortho intramolecular Hbond substituents is 2. The Kier molecular flexibility index (Phi) is 3.42. The Morgan fingerprint density at radius 2 is 1.78 bits per heavy atom. The molecule has 2 aromatic carbocycles. The van der Waals surface area contributed by atoms with Gasteiger partial charge in [-0.3, -0.25) is 0 Å². The summed E-state index contributed by atoms with van der Waals surface area (Å²) in [6.07, 6.45) is 0.748. The molecule has 2 aromatic rings.